The van der Waals surface area contributed by atoms with Crippen molar-refractivity contribution in [1.29, 1.82) is 5.41 Å². The molecule has 1 rings (SSSR count). The maximum atomic E-state index is 12.4. The van der Waals surface area contributed by atoms with E-state index >= 15 is 0 Å². The first kappa shape index (κ1) is 7.72. The van der Waals surface area contributed by atoms with Gasteiger partial charge in [0.25, 0.3) is 0 Å². The van der Waals surface area contributed by atoms with Crippen LogP contribution in [0.25, 0.3) is 0 Å². The van der Waals surface area contributed by atoms with Gasteiger partial charge < -0.3 is 10.5 Å². The number of phenols is 1. The fourth-order valence-electron chi connectivity index (χ4n) is 0.820. The van der Waals surface area contributed by atoms with Crippen LogP contribution in [0.3, 0.4) is 0 Å². The minimum absolute atomic E-state index is 0.0894. The molecule has 0 spiro atoms. The molecule has 0 atom stereocenters. The Morgan fingerprint density at radius 3 is 2.82 bits per heavy atom. The summed E-state index contributed by atoms with van der Waals surface area (Å²) < 4.78 is 12.4. The molecule has 58 valence electrons. The summed E-state index contributed by atoms with van der Waals surface area (Å²) in [5, 5.41) is 15.8. The summed E-state index contributed by atoms with van der Waals surface area (Å²) in [7, 11) is 0. The largest absolute Gasteiger partial charge is 0.508 e. The second-order valence-electron chi connectivity index (χ2n) is 2.18. The van der Waals surface area contributed by atoms with Crippen LogP contribution in [0.5, 0.6) is 5.75 Å². The second kappa shape index (κ2) is 3.14. The monoisotopic (exact) mass is 153 g/mol. The predicted molar refractivity (Wildman–Crippen MR) is 40.6 cm³/mol. The first-order chi connectivity index (χ1) is 5.24. The van der Waals surface area contributed by atoms with Crippen LogP contribution in [0.1, 0.15) is 5.56 Å². The van der Waals surface area contributed by atoms with E-state index in [4.69, 9.17) is 10.5 Å². The Hall–Kier alpha value is -1.38. The van der Waals surface area contributed by atoms with Crippen LogP contribution in [0.4, 0.5) is 4.39 Å². The molecule has 0 aliphatic rings. The van der Waals surface area contributed by atoms with Crippen LogP contribution >= 0.6 is 0 Å². The van der Waals surface area contributed by atoms with Crippen molar-refractivity contribution in [2.24, 2.45) is 0 Å². The highest BCUT2D eigenvalue weighted by molar-refractivity contribution is 5.59. The van der Waals surface area contributed by atoms with E-state index in [1.54, 1.807) is 0 Å². The molecule has 0 unspecified atom stereocenters. The molecular weight excluding hydrogens is 145 g/mol. The average molecular weight is 153 g/mol. The smallest absolute Gasteiger partial charge is 0.126 e. The third kappa shape index (κ3) is 1.77. The van der Waals surface area contributed by atoms with Crippen molar-refractivity contribution >= 4 is 6.21 Å². The molecule has 0 aliphatic heterocycles. The normalized spacial score (nSPS) is 9.55. The van der Waals surface area contributed by atoms with Gasteiger partial charge >= 0.3 is 0 Å². The maximum absolute atomic E-state index is 12.4. The summed E-state index contributed by atoms with van der Waals surface area (Å²) in [6, 6.07) is 3.77. The van der Waals surface area contributed by atoms with Gasteiger partial charge in [0.15, 0.2) is 0 Å². The quantitative estimate of drug-likeness (QED) is 0.624. The average Bonchev–Trinajstić information content (AvgIpc) is 1.95. The van der Waals surface area contributed by atoms with E-state index in [0.29, 0.717) is 12.0 Å². The van der Waals surface area contributed by atoms with E-state index in [2.05, 4.69) is 0 Å². The molecule has 2 N–H and O–H groups in total. The highest BCUT2D eigenvalue weighted by Gasteiger charge is 1.99. The topological polar surface area (TPSA) is 44.1 Å². The van der Waals surface area contributed by atoms with Crippen LogP contribution < -0.4 is 0 Å². The summed E-state index contributed by atoms with van der Waals surface area (Å²) in [5.41, 5.74) is 0.571. The van der Waals surface area contributed by atoms with Crippen molar-refractivity contribution in [3.63, 3.8) is 0 Å². The molecule has 1 aromatic carbocycles. The van der Waals surface area contributed by atoms with Crippen LogP contribution in [0, 0.1) is 11.2 Å². The number of phenolic OH excluding ortho intramolecular Hbond substituents is 1. The third-order valence-corrected chi connectivity index (χ3v) is 1.37. The molecule has 0 saturated carbocycles. The van der Waals surface area contributed by atoms with Crippen LogP contribution in [-0.2, 0) is 6.42 Å². The standard InChI is InChI=1S/C8H8FNO/c9-7-2-1-6(3-4-10)8(11)5-7/h1-2,4-5,10-11H,3H2. The first-order valence-corrected chi connectivity index (χ1v) is 3.20. The lowest BCUT2D eigenvalue weighted by Crippen LogP contribution is -1.86. The molecular formula is C8H8FNO. The highest BCUT2D eigenvalue weighted by Crippen LogP contribution is 2.17. The maximum Gasteiger partial charge on any atom is 0.126 e. The Morgan fingerprint density at radius 1 is 1.55 bits per heavy atom. The van der Waals surface area contributed by atoms with Gasteiger partial charge in [-0.1, -0.05) is 6.07 Å². The lowest BCUT2D eigenvalue weighted by molar-refractivity contribution is 0.464. The van der Waals surface area contributed by atoms with Gasteiger partial charge in [-0.2, -0.15) is 0 Å². The Labute approximate surface area is 63.8 Å². The van der Waals surface area contributed by atoms with Crippen molar-refractivity contribution < 1.29 is 9.50 Å². The first-order valence-electron chi connectivity index (χ1n) is 3.20. The van der Waals surface area contributed by atoms with Gasteiger partial charge in [-0.3, -0.25) is 0 Å². The van der Waals surface area contributed by atoms with E-state index in [1.165, 1.54) is 12.1 Å². The number of nitrogens with one attached hydrogen (secondary N) is 1. The number of halogens is 1. The molecule has 0 aromatic heterocycles. The van der Waals surface area contributed by atoms with E-state index in [0.717, 1.165) is 12.3 Å². The second-order valence-corrected chi connectivity index (χ2v) is 2.18. The molecule has 0 amide bonds. The van der Waals surface area contributed by atoms with Gasteiger partial charge in [-0.15, -0.1) is 0 Å². The zero-order valence-electron chi connectivity index (χ0n) is 5.84. The minimum Gasteiger partial charge on any atom is -0.508 e. The highest BCUT2D eigenvalue weighted by atomic mass is 19.1. The van der Waals surface area contributed by atoms with Crippen molar-refractivity contribution in [3.05, 3.63) is 29.6 Å². The van der Waals surface area contributed by atoms with E-state index in [1.807, 2.05) is 0 Å². The Kier molecular flexibility index (Phi) is 2.21. The van der Waals surface area contributed by atoms with Gasteiger partial charge in [0.1, 0.15) is 11.6 Å². The third-order valence-electron chi connectivity index (χ3n) is 1.37. The van der Waals surface area contributed by atoms with E-state index in [-0.39, 0.29) is 5.75 Å². The van der Waals surface area contributed by atoms with E-state index < -0.39 is 5.82 Å². The van der Waals surface area contributed by atoms with Crippen molar-refractivity contribution in [2.75, 3.05) is 0 Å². The Morgan fingerprint density at radius 2 is 2.27 bits per heavy atom. The molecule has 0 saturated heterocycles. The Bertz CT molecular complexity index is 273. The number of rotatable bonds is 2. The molecule has 11 heavy (non-hydrogen) atoms. The fraction of sp³-hybridized carbons (Fsp3) is 0.125. The van der Waals surface area contributed by atoms with Gasteiger partial charge in [0.05, 0.1) is 0 Å². The fourth-order valence-corrected chi connectivity index (χ4v) is 0.820. The molecule has 0 aliphatic carbocycles. The summed E-state index contributed by atoms with van der Waals surface area (Å²) >= 11 is 0. The van der Waals surface area contributed by atoms with Crippen LogP contribution in [-0.4, -0.2) is 11.3 Å². The lowest BCUT2D eigenvalue weighted by atomic mass is 10.1. The van der Waals surface area contributed by atoms with Crippen molar-refractivity contribution in [1.82, 2.24) is 0 Å². The summed E-state index contributed by atoms with van der Waals surface area (Å²) in [6.45, 7) is 0. The van der Waals surface area contributed by atoms with Gasteiger partial charge in [-0.05, 0) is 17.8 Å². The number of benzene rings is 1. The SMILES string of the molecule is N=CCc1ccc(F)cc1O. The van der Waals surface area contributed by atoms with E-state index in [9.17, 15) is 4.39 Å². The molecule has 1 aromatic rings. The molecule has 2 nitrogen and oxygen atoms in total. The number of hydrogen-bond donors (Lipinski definition) is 2. The van der Waals surface area contributed by atoms with Gasteiger partial charge in [0.2, 0.25) is 0 Å². The predicted octanol–water partition coefficient (Wildman–Crippen LogP) is 1.72. The van der Waals surface area contributed by atoms with Crippen LogP contribution in [0.15, 0.2) is 18.2 Å². The molecule has 0 bridgehead atoms. The zero-order chi connectivity index (χ0) is 8.27. The molecule has 0 radical (unpaired) electrons. The zero-order valence-corrected chi connectivity index (χ0v) is 5.84. The minimum atomic E-state index is -0.462. The molecule has 3 heteroatoms. The van der Waals surface area contributed by atoms with Gasteiger partial charge in [0, 0.05) is 12.5 Å². The van der Waals surface area contributed by atoms with Crippen molar-refractivity contribution in [3.8, 4) is 5.75 Å². The number of aromatic hydroxyl groups is 1. The lowest BCUT2D eigenvalue weighted by Gasteiger charge is -1.99. The summed E-state index contributed by atoms with van der Waals surface area (Å²) in [4.78, 5) is 0. The molecule has 0 fully saturated rings. The van der Waals surface area contributed by atoms with Crippen molar-refractivity contribution in [2.45, 2.75) is 6.42 Å². The van der Waals surface area contributed by atoms with Gasteiger partial charge in [-0.25, -0.2) is 4.39 Å². The Balaban J connectivity index is 2.98. The molecule has 0 heterocycles. The number of hydrogen-bond acceptors (Lipinski definition) is 2. The van der Waals surface area contributed by atoms with Crippen LogP contribution in [0.2, 0.25) is 0 Å². The summed E-state index contributed by atoms with van der Waals surface area (Å²) in [5.74, 6) is -0.551. The summed E-state index contributed by atoms with van der Waals surface area (Å²) in [6.07, 6.45) is 1.50.